The standard InChI is InChI=1S/C9H13Br2NS/c1-2-9(5-10,6-11)3-8-4-13-7-12-8/h4,7H,2-3,5-6H2,1H3. The van der Waals surface area contributed by atoms with Crippen molar-refractivity contribution in [1.82, 2.24) is 4.98 Å². The second-order valence-electron chi connectivity index (χ2n) is 3.28. The molecule has 0 N–H and O–H groups in total. The quantitative estimate of drug-likeness (QED) is 0.748. The van der Waals surface area contributed by atoms with Crippen molar-refractivity contribution in [2.24, 2.45) is 5.41 Å². The predicted molar refractivity (Wildman–Crippen MR) is 66.1 cm³/mol. The predicted octanol–water partition coefficient (Wildman–Crippen LogP) is 3.87. The highest BCUT2D eigenvalue weighted by molar-refractivity contribution is 9.09. The first-order valence-corrected chi connectivity index (χ1v) is 7.44. The fourth-order valence-electron chi connectivity index (χ4n) is 1.15. The Labute approximate surface area is 100 Å². The van der Waals surface area contributed by atoms with Crippen molar-refractivity contribution in [2.75, 3.05) is 10.7 Å². The summed E-state index contributed by atoms with van der Waals surface area (Å²) in [5, 5.41) is 4.19. The second-order valence-corrected chi connectivity index (χ2v) is 5.12. The van der Waals surface area contributed by atoms with Crippen molar-refractivity contribution in [3.05, 3.63) is 16.6 Å². The Morgan fingerprint density at radius 1 is 1.46 bits per heavy atom. The van der Waals surface area contributed by atoms with Crippen LogP contribution in [-0.2, 0) is 6.42 Å². The lowest BCUT2D eigenvalue weighted by molar-refractivity contribution is 0.370. The fraction of sp³-hybridized carbons (Fsp3) is 0.667. The van der Waals surface area contributed by atoms with Crippen LogP contribution in [0.25, 0.3) is 0 Å². The van der Waals surface area contributed by atoms with Gasteiger partial charge in [0.05, 0.1) is 11.2 Å². The maximum atomic E-state index is 4.32. The molecule has 0 bridgehead atoms. The Hall–Kier alpha value is 0.590. The highest BCUT2D eigenvalue weighted by Gasteiger charge is 2.26. The van der Waals surface area contributed by atoms with Crippen LogP contribution in [0.2, 0.25) is 0 Å². The zero-order chi connectivity index (χ0) is 9.73. The zero-order valence-electron chi connectivity index (χ0n) is 7.59. The van der Waals surface area contributed by atoms with E-state index in [0.29, 0.717) is 5.41 Å². The summed E-state index contributed by atoms with van der Waals surface area (Å²) in [5.74, 6) is 0. The molecule has 74 valence electrons. The summed E-state index contributed by atoms with van der Waals surface area (Å²) < 4.78 is 0. The maximum absolute atomic E-state index is 4.32. The normalized spacial score (nSPS) is 11.9. The molecule has 0 fully saturated rings. The Balaban J connectivity index is 2.67. The van der Waals surface area contributed by atoms with Gasteiger partial charge in [0.25, 0.3) is 0 Å². The van der Waals surface area contributed by atoms with Crippen molar-refractivity contribution in [1.29, 1.82) is 0 Å². The summed E-state index contributed by atoms with van der Waals surface area (Å²) in [6.07, 6.45) is 2.23. The smallest absolute Gasteiger partial charge is 0.0794 e. The van der Waals surface area contributed by atoms with E-state index >= 15 is 0 Å². The van der Waals surface area contributed by atoms with E-state index in [1.54, 1.807) is 11.3 Å². The first-order valence-electron chi connectivity index (χ1n) is 4.25. The molecule has 4 heteroatoms. The molecule has 0 atom stereocenters. The molecule has 0 aliphatic heterocycles. The minimum absolute atomic E-state index is 0.327. The van der Waals surface area contributed by atoms with Crippen molar-refractivity contribution in [3.8, 4) is 0 Å². The molecule has 0 unspecified atom stereocenters. The van der Waals surface area contributed by atoms with E-state index in [0.717, 1.165) is 17.1 Å². The van der Waals surface area contributed by atoms with Gasteiger partial charge in [-0.1, -0.05) is 38.8 Å². The number of halogens is 2. The summed E-state index contributed by atoms with van der Waals surface area (Å²) in [7, 11) is 0. The lowest BCUT2D eigenvalue weighted by Gasteiger charge is -2.27. The van der Waals surface area contributed by atoms with E-state index in [1.165, 1.54) is 12.1 Å². The molecule has 0 spiro atoms. The Morgan fingerprint density at radius 2 is 2.15 bits per heavy atom. The molecule has 1 rings (SSSR count). The Morgan fingerprint density at radius 3 is 2.54 bits per heavy atom. The summed E-state index contributed by atoms with van der Waals surface area (Å²) >= 11 is 8.84. The van der Waals surface area contributed by atoms with Crippen LogP contribution in [0.3, 0.4) is 0 Å². The van der Waals surface area contributed by atoms with Gasteiger partial charge in [-0.3, -0.25) is 0 Å². The molecular formula is C9H13Br2NS. The maximum Gasteiger partial charge on any atom is 0.0794 e. The fourth-order valence-corrected chi connectivity index (χ4v) is 3.83. The van der Waals surface area contributed by atoms with Crippen LogP contribution in [-0.4, -0.2) is 15.6 Å². The van der Waals surface area contributed by atoms with Gasteiger partial charge in [-0.2, -0.15) is 0 Å². The SMILES string of the molecule is CCC(CBr)(CBr)Cc1cscn1. The Bertz CT molecular complexity index is 224. The van der Waals surface area contributed by atoms with E-state index < -0.39 is 0 Å². The summed E-state index contributed by atoms with van der Waals surface area (Å²) in [5.41, 5.74) is 3.44. The Kier molecular flexibility index (Phi) is 4.90. The zero-order valence-corrected chi connectivity index (χ0v) is 11.6. The van der Waals surface area contributed by atoms with Gasteiger partial charge in [-0.25, -0.2) is 4.98 Å². The van der Waals surface area contributed by atoms with Gasteiger partial charge in [0.2, 0.25) is 0 Å². The number of rotatable bonds is 5. The van der Waals surface area contributed by atoms with E-state index in [-0.39, 0.29) is 0 Å². The molecule has 0 saturated heterocycles. The molecule has 0 aliphatic rings. The van der Waals surface area contributed by atoms with Gasteiger partial charge in [-0.15, -0.1) is 11.3 Å². The van der Waals surface area contributed by atoms with Crippen LogP contribution < -0.4 is 0 Å². The first-order chi connectivity index (χ1) is 6.26. The molecule has 0 aromatic carbocycles. The number of aromatic nitrogens is 1. The number of thiazole rings is 1. The summed E-state index contributed by atoms with van der Waals surface area (Å²) in [6.45, 7) is 2.23. The molecule has 1 aromatic heterocycles. The van der Waals surface area contributed by atoms with Gasteiger partial charge in [0.1, 0.15) is 0 Å². The summed E-state index contributed by atoms with van der Waals surface area (Å²) in [4.78, 5) is 4.32. The largest absolute Gasteiger partial charge is 0.250 e. The highest BCUT2D eigenvalue weighted by atomic mass is 79.9. The van der Waals surface area contributed by atoms with Crippen LogP contribution in [0.5, 0.6) is 0 Å². The van der Waals surface area contributed by atoms with Crippen LogP contribution in [0.1, 0.15) is 19.0 Å². The lowest BCUT2D eigenvalue weighted by Crippen LogP contribution is -2.26. The third-order valence-electron chi connectivity index (χ3n) is 2.36. The number of hydrogen-bond donors (Lipinski definition) is 0. The van der Waals surface area contributed by atoms with Crippen LogP contribution in [0, 0.1) is 5.41 Å². The van der Waals surface area contributed by atoms with Gasteiger partial charge >= 0.3 is 0 Å². The number of alkyl halides is 2. The van der Waals surface area contributed by atoms with E-state index in [4.69, 9.17) is 0 Å². The third kappa shape index (κ3) is 3.03. The minimum Gasteiger partial charge on any atom is -0.250 e. The van der Waals surface area contributed by atoms with Crippen molar-refractivity contribution in [3.63, 3.8) is 0 Å². The van der Waals surface area contributed by atoms with E-state index in [9.17, 15) is 0 Å². The summed E-state index contributed by atoms with van der Waals surface area (Å²) in [6, 6.07) is 0. The van der Waals surface area contributed by atoms with Crippen LogP contribution >= 0.6 is 43.2 Å². The van der Waals surface area contributed by atoms with E-state index in [1.807, 2.05) is 5.51 Å². The van der Waals surface area contributed by atoms with Gasteiger partial charge in [0.15, 0.2) is 0 Å². The molecule has 13 heavy (non-hydrogen) atoms. The molecule has 0 aliphatic carbocycles. The molecular weight excluding hydrogens is 314 g/mol. The average molecular weight is 327 g/mol. The van der Waals surface area contributed by atoms with E-state index in [2.05, 4.69) is 49.1 Å². The van der Waals surface area contributed by atoms with Crippen molar-refractivity contribution in [2.45, 2.75) is 19.8 Å². The van der Waals surface area contributed by atoms with Crippen molar-refractivity contribution < 1.29 is 0 Å². The highest BCUT2D eigenvalue weighted by Crippen LogP contribution is 2.31. The van der Waals surface area contributed by atoms with Gasteiger partial charge < -0.3 is 0 Å². The third-order valence-corrected chi connectivity index (χ3v) is 5.37. The molecule has 1 heterocycles. The van der Waals surface area contributed by atoms with Crippen LogP contribution in [0.15, 0.2) is 10.9 Å². The molecule has 0 saturated carbocycles. The number of nitrogens with zero attached hydrogens (tertiary/aromatic N) is 1. The first kappa shape index (κ1) is 11.7. The van der Waals surface area contributed by atoms with Gasteiger partial charge in [0, 0.05) is 16.0 Å². The minimum atomic E-state index is 0.327. The average Bonchev–Trinajstić information content (AvgIpc) is 2.67. The monoisotopic (exact) mass is 325 g/mol. The van der Waals surface area contributed by atoms with Crippen LogP contribution in [0.4, 0.5) is 0 Å². The van der Waals surface area contributed by atoms with Gasteiger partial charge in [-0.05, 0) is 18.3 Å². The lowest BCUT2D eigenvalue weighted by atomic mass is 9.85. The molecule has 1 nitrogen and oxygen atoms in total. The topological polar surface area (TPSA) is 12.9 Å². The van der Waals surface area contributed by atoms with Crippen molar-refractivity contribution >= 4 is 43.2 Å². The molecule has 0 amide bonds. The second kappa shape index (κ2) is 5.47. The number of hydrogen-bond acceptors (Lipinski definition) is 2. The molecule has 0 radical (unpaired) electrons. The molecule has 1 aromatic rings.